The van der Waals surface area contributed by atoms with Crippen LogP contribution in [-0.2, 0) is 0 Å². The summed E-state index contributed by atoms with van der Waals surface area (Å²) >= 11 is 0. The van der Waals surface area contributed by atoms with Crippen LogP contribution >= 0.6 is 0 Å². The molecular weight excluding hydrogens is 266 g/mol. The van der Waals surface area contributed by atoms with Crippen molar-refractivity contribution in [1.29, 1.82) is 0 Å². The van der Waals surface area contributed by atoms with Gasteiger partial charge in [0, 0.05) is 18.0 Å². The van der Waals surface area contributed by atoms with Crippen LogP contribution in [0.2, 0.25) is 0 Å². The zero-order chi connectivity index (χ0) is 15.0. The summed E-state index contributed by atoms with van der Waals surface area (Å²) in [5, 5.41) is 0. The van der Waals surface area contributed by atoms with Crippen molar-refractivity contribution in [2.24, 2.45) is 0 Å². The van der Waals surface area contributed by atoms with Crippen molar-refractivity contribution in [3.8, 4) is 17.0 Å². The number of fused-ring (bicyclic) bond motifs is 1. The molecule has 0 unspecified atom stereocenters. The first-order chi connectivity index (χ1) is 10.2. The first-order valence-electron chi connectivity index (χ1n) is 6.59. The summed E-state index contributed by atoms with van der Waals surface area (Å²) in [7, 11) is 1.62. The maximum Gasteiger partial charge on any atom is 0.234 e. The molecule has 0 bridgehead atoms. The molecule has 0 aliphatic heterocycles. The van der Waals surface area contributed by atoms with Crippen molar-refractivity contribution >= 4 is 12.1 Å². The van der Waals surface area contributed by atoms with Gasteiger partial charge >= 0.3 is 0 Å². The van der Waals surface area contributed by atoms with Gasteiger partial charge in [-0.05, 0) is 37.1 Å². The molecule has 2 aromatic heterocycles. The van der Waals surface area contributed by atoms with Gasteiger partial charge < -0.3 is 4.74 Å². The molecular formula is C16H15N3O2. The molecule has 0 aliphatic rings. The van der Waals surface area contributed by atoms with E-state index < -0.39 is 0 Å². The average molecular weight is 281 g/mol. The lowest BCUT2D eigenvalue weighted by atomic mass is 10.0. The number of hydrogen-bond acceptors (Lipinski definition) is 4. The first-order valence-corrected chi connectivity index (χ1v) is 6.59. The van der Waals surface area contributed by atoms with E-state index in [1.165, 1.54) is 0 Å². The van der Waals surface area contributed by atoms with Crippen LogP contribution in [0.4, 0.5) is 0 Å². The Morgan fingerprint density at radius 2 is 2.10 bits per heavy atom. The van der Waals surface area contributed by atoms with E-state index in [1.807, 2.05) is 26.0 Å². The molecule has 0 spiro atoms. The molecule has 5 nitrogen and oxygen atoms in total. The summed E-state index contributed by atoms with van der Waals surface area (Å²) in [6.45, 7) is 3.98. The Balaban J connectivity index is 2.37. The van der Waals surface area contributed by atoms with E-state index in [0.717, 1.165) is 28.7 Å². The number of benzene rings is 1. The molecule has 21 heavy (non-hydrogen) atoms. The van der Waals surface area contributed by atoms with E-state index in [0.29, 0.717) is 17.2 Å². The number of aryl methyl sites for hydroxylation is 2. The molecule has 5 heteroatoms. The van der Waals surface area contributed by atoms with Gasteiger partial charge in [-0.2, -0.15) is 0 Å². The molecule has 0 saturated heterocycles. The van der Waals surface area contributed by atoms with Gasteiger partial charge in [0.05, 0.1) is 7.11 Å². The van der Waals surface area contributed by atoms with Crippen molar-refractivity contribution in [3.63, 3.8) is 0 Å². The first kappa shape index (κ1) is 13.3. The predicted molar refractivity (Wildman–Crippen MR) is 79.8 cm³/mol. The van der Waals surface area contributed by atoms with Gasteiger partial charge in [-0.25, -0.2) is 9.97 Å². The fourth-order valence-corrected chi connectivity index (χ4v) is 2.62. The maximum absolute atomic E-state index is 11.5. The Labute approximate surface area is 122 Å². The molecule has 1 aromatic carbocycles. The monoisotopic (exact) mass is 281 g/mol. The van der Waals surface area contributed by atoms with E-state index in [9.17, 15) is 4.79 Å². The number of ether oxygens (including phenoxy) is 1. The van der Waals surface area contributed by atoms with Crippen molar-refractivity contribution in [2.75, 3.05) is 7.11 Å². The van der Waals surface area contributed by atoms with Crippen LogP contribution in [0.1, 0.15) is 21.6 Å². The molecule has 0 fully saturated rings. The summed E-state index contributed by atoms with van der Waals surface area (Å²) in [6.07, 6.45) is 4.23. The normalized spacial score (nSPS) is 10.8. The smallest absolute Gasteiger partial charge is 0.234 e. The number of carbonyl (C=O) groups excluding carboxylic acids is 1. The SMILES string of the molecule is COc1c(C)cc(C)cc1-c1nc2ncccn2c1C=O. The molecule has 0 amide bonds. The van der Waals surface area contributed by atoms with Crippen LogP contribution in [0.5, 0.6) is 5.75 Å². The highest BCUT2D eigenvalue weighted by Crippen LogP contribution is 2.35. The number of aldehydes is 1. The van der Waals surface area contributed by atoms with Crippen LogP contribution < -0.4 is 4.74 Å². The number of imidazole rings is 1. The summed E-state index contributed by atoms with van der Waals surface area (Å²) in [5.41, 5.74) is 3.97. The second kappa shape index (κ2) is 5.01. The van der Waals surface area contributed by atoms with Crippen LogP contribution in [0.15, 0.2) is 30.6 Å². The van der Waals surface area contributed by atoms with Crippen LogP contribution in [0.25, 0.3) is 17.0 Å². The van der Waals surface area contributed by atoms with Gasteiger partial charge in [0.1, 0.15) is 17.1 Å². The third kappa shape index (κ3) is 2.07. The second-order valence-corrected chi connectivity index (χ2v) is 4.92. The molecule has 0 atom stereocenters. The van der Waals surface area contributed by atoms with E-state index in [4.69, 9.17) is 4.74 Å². The Morgan fingerprint density at radius 1 is 1.29 bits per heavy atom. The van der Waals surface area contributed by atoms with E-state index in [2.05, 4.69) is 9.97 Å². The van der Waals surface area contributed by atoms with E-state index in [1.54, 1.807) is 30.0 Å². The summed E-state index contributed by atoms with van der Waals surface area (Å²) in [6, 6.07) is 5.78. The molecule has 0 saturated carbocycles. The van der Waals surface area contributed by atoms with Gasteiger partial charge in [-0.15, -0.1) is 0 Å². The number of rotatable bonds is 3. The average Bonchev–Trinajstić information content (AvgIpc) is 2.84. The highest BCUT2D eigenvalue weighted by molar-refractivity contribution is 5.88. The summed E-state index contributed by atoms with van der Waals surface area (Å²) < 4.78 is 7.18. The number of nitrogens with zero attached hydrogens (tertiary/aromatic N) is 3. The molecule has 106 valence electrons. The maximum atomic E-state index is 11.5. The zero-order valence-corrected chi connectivity index (χ0v) is 12.1. The highest BCUT2D eigenvalue weighted by atomic mass is 16.5. The summed E-state index contributed by atoms with van der Waals surface area (Å²) in [4.78, 5) is 20.2. The van der Waals surface area contributed by atoms with E-state index in [-0.39, 0.29) is 0 Å². The number of aromatic nitrogens is 3. The Morgan fingerprint density at radius 3 is 2.81 bits per heavy atom. The van der Waals surface area contributed by atoms with Gasteiger partial charge in [-0.3, -0.25) is 9.20 Å². The summed E-state index contributed by atoms with van der Waals surface area (Å²) in [5.74, 6) is 1.22. The fraction of sp³-hybridized carbons (Fsp3) is 0.188. The molecule has 2 heterocycles. The van der Waals surface area contributed by atoms with Gasteiger partial charge in [0.2, 0.25) is 5.78 Å². The zero-order valence-electron chi connectivity index (χ0n) is 12.1. The number of methoxy groups -OCH3 is 1. The highest BCUT2D eigenvalue weighted by Gasteiger charge is 2.19. The standard InChI is InChI=1S/C16H15N3O2/c1-10-7-11(2)15(21-3)12(8-10)14-13(9-20)19-6-4-5-17-16(19)18-14/h4-9H,1-3H3. The Hall–Kier alpha value is -2.69. The predicted octanol–water partition coefficient (Wildman–Crippen LogP) is 2.83. The number of carbonyl (C=O) groups is 1. The Kier molecular flexibility index (Phi) is 3.17. The molecule has 0 N–H and O–H groups in total. The molecule has 3 aromatic rings. The topological polar surface area (TPSA) is 56.5 Å². The fourth-order valence-electron chi connectivity index (χ4n) is 2.62. The number of hydrogen-bond donors (Lipinski definition) is 0. The minimum absolute atomic E-state index is 0.474. The van der Waals surface area contributed by atoms with E-state index >= 15 is 0 Å². The lowest BCUT2D eigenvalue weighted by Gasteiger charge is -2.11. The lowest BCUT2D eigenvalue weighted by Crippen LogP contribution is -1.96. The quantitative estimate of drug-likeness (QED) is 0.693. The largest absolute Gasteiger partial charge is 0.496 e. The van der Waals surface area contributed by atoms with Crippen molar-refractivity contribution in [3.05, 3.63) is 47.4 Å². The molecule has 3 rings (SSSR count). The van der Waals surface area contributed by atoms with Crippen LogP contribution in [-0.4, -0.2) is 27.8 Å². The minimum atomic E-state index is 0.474. The third-order valence-corrected chi connectivity index (χ3v) is 3.43. The van der Waals surface area contributed by atoms with Gasteiger partial charge in [0.15, 0.2) is 6.29 Å². The second-order valence-electron chi connectivity index (χ2n) is 4.92. The van der Waals surface area contributed by atoms with Gasteiger partial charge in [-0.1, -0.05) is 6.07 Å². The third-order valence-electron chi connectivity index (χ3n) is 3.43. The van der Waals surface area contributed by atoms with Crippen LogP contribution in [0.3, 0.4) is 0 Å². The molecule has 0 aliphatic carbocycles. The molecule has 0 radical (unpaired) electrons. The Bertz CT molecular complexity index is 837. The van der Waals surface area contributed by atoms with Crippen molar-refractivity contribution in [2.45, 2.75) is 13.8 Å². The van der Waals surface area contributed by atoms with Gasteiger partial charge in [0.25, 0.3) is 0 Å². The van der Waals surface area contributed by atoms with Crippen molar-refractivity contribution in [1.82, 2.24) is 14.4 Å². The van der Waals surface area contributed by atoms with Crippen LogP contribution in [0, 0.1) is 13.8 Å². The lowest BCUT2D eigenvalue weighted by molar-refractivity contribution is 0.111. The van der Waals surface area contributed by atoms with Crippen molar-refractivity contribution < 1.29 is 9.53 Å². The minimum Gasteiger partial charge on any atom is -0.496 e.